The van der Waals surface area contributed by atoms with E-state index in [0.29, 0.717) is 11.4 Å². The predicted octanol–water partition coefficient (Wildman–Crippen LogP) is 2.73. The molecular weight excluding hydrogens is 338 g/mol. The number of nitrogens with zero attached hydrogens (tertiary/aromatic N) is 4. The Morgan fingerprint density at radius 1 is 1.42 bits per heavy atom. The summed E-state index contributed by atoms with van der Waals surface area (Å²) >= 11 is 5.87. The Balaban J connectivity index is 1.69. The lowest BCUT2D eigenvalue weighted by atomic mass is 10.3. The van der Waals surface area contributed by atoms with Gasteiger partial charge in [0.1, 0.15) is 18.2 Å². The fraction of sp³-hybridized carbons (Fsp3) is 0.0714. The van der Waals surface area contributed by atoms with Gasteiger partial charge in [0.05, 0.1) is 17.2 Å². The van der Waals surface area contributed by atoms with E-state index in [1.807, 2.05) is 0 Å². The zero-order chi connectivity index (χ0) is 17.1. The van der Waals surface area contributed by atoms with Crippen LogP contribution >= 0.6 is 11.6 Å². The van der Waals surface area contributed by atoms with Crippen molar-refractivity contribution in [3.8, 4) is 0 Å². The number of hydrogen-bond acceptors (Lipinski definition) is 6. The number of nitrogens with one attached hydrogen (secondary N) is 1. The normalized spacial score (nSPS) is 10.5. The molecule has 3 rings (SSSR count). The second kappa shape index (κ2) is 6.50. The summed E-state index contributed by atoms with van der Waals surface area (Å²) in [5.41, 5.74) is 0.246. The first-order valence-electron chi connectivity index (χ1n) is 6.70. The molecule has 0 aliphatic heterocycles. The van der Waals surface area contributed by atoms with Gasteiger partial charge in [-0.25, -0.2) is 4.98 Å². The van der Waals surface area contributed by atoms with Crippen LogP contribution in [0.3, 0.4) is 0 Å². The standard InChI is InChI=1S/C14H10ClN5O4/c15-13-11(2-1-5-16-13)18-14(21)12-4-3-10(24-12)8-19-7-9(6-17-19)20(22)23/h1-7H,8H2,(H,18,21). The maximum atomic E-state index is 12.1. The van der Waals surface area contributed by atoms with Crippen LogP contribution in [0, 0.1) is 10.1 Å². The van der Waals surface area contributed by atoms with E-state index in [9.17, 15) is 14.9 Å². The molecule has 0 radical (unpaired) electrons. The van der Waals surface area contributed by atoms with Gasteiger partial charge < -0.3 is 9.73 Å². The van der Waals surface area contributed by atoms with Crippen LogP contribution in [-0.4, -0.2) is 25.6 Å². The number of amides is 1. The Morgan fingerprint density at radius 2 is 2.25 bits per heavy atom. The first-order valence-corrected chi connectivity index (χ1v) is 7.08. The second-order valence-electron chi connectivity index (χ2n) is 4.72. The molecule has 3 aromatic rings. The second-order valence-corrected chi connectivity index (χ2v) is 5.07. The fourth-order valence-corrected chi connectivity index (χ4v) is 2.11. The number of nitro groups is 1. The van der Waals surface area contributed by atoms with E-state index < -0.39 is 10.8 Å². The largest absolute Gasteiger partial charge is 0.454 e. The van der Waals surface area contributed by atoms with Crippen molar-refractivity contribution in [3.05, 3.63) is 69.6 Å². The van der Waals surface area contributed by atoms with Crippen molar-refractivity contribution in [2.24, 2.45) is 0 Å². The molecule has 9 nitrogen and oxygen atoms in total. The molecule has 1 N–H and O–H groups in total. The minimum atomic E-state index is -0.540. The lowest BCUT2D eigenvalue weighted by Gasteiger charge is -2.04. The number of carbonyl (C=O) groups excluding carboxylic acids is 1. The number of carbonyl (C=O) groups is 1. The molecule has 0 saturated carbocycles. The Hall–Kier alpha value is -3.20. The number of hydrogen-bond donors (Lipinski definition) is 1. The number of rotatable bonds is 5. The highest BCUT2D eigenvalue weighted by Crippen LogP contribution is 2.19. The van der Waals surface area contributed by atoms with Gasteiger partial charge in [0.25, 0.3) is 5.91 Å². The van der Waals surface area contributed by atoms with E-state index in [-0.39, 0.29) is 23.1 Å². The lowest BCUT2D eigenvalue weighted by Crippen LogP contribution is -2.11. The monoisotopic (exact) mass is 347 g/mol. The van der Waals surface area contributed by atoms with E-state index in [1.165, 1.54) is 23.1 Å². The van der Waals surface area contributed by atoms with Crippen LogP contribution in [0.25, 0.3) is 0 Å². The van der Waals surface area contributed by atoms with Gasteiger partial charge in [0.15, 0.2) is 10.9 Å². The van der Waals surface area contributed by atoms with Crippen molar-refractivity contribution in [3.63, 3.8) is 0 Å². The third-order valence-electron chi connectivity index (χ3n) is 3.04. The van der Waals surface area contributed by atoms with Crippen LogP contribution < -0.4 is 5.32 Å². The number of anilines is 1. The molecule has 3 heterocycles. The summed E-state index contributed by atoms with van der Waals surface area (Å²) in [5.74, 6) is 0.0182. The zero-order valence-corrected chi connectivity index (χ0v) is 12.8. The highest BCUT2D eigenvalue weighted by Gasteiger charge is 2.15. The average molecular weight is 348 g/mol. The summed E-state index contributed by atoms with van der Waals surface area (Å²) < 4.78 is 6.77. The summed E-state index contributed by atoms with van der Waals surface area (Å²) in [4.78, 5) is 26.1. The summed E-state index contributed by atoms with van der Waals surface area (Å²) in [6, 6.07) is 6.33. The first kappa shape index (κ1) is 15.7. The van der Waals surface area contributed by atoms with E-state index in [2.05, 4.69) is 15.4 Å². The van der Waals surface area contributed by atoms with E-state index in [4.69, 9.17) is 16.0 Å². The molecule has 122 valence electrons. The van der Waals surface area contributed by atoms with Gasteiger partial charge in [-0.15, -0.1) is 0 Å². The third-order valence-corrected chi connectivity index (χ3v) is 3.34. The first-order chi connectivity index (χ1) is 11.5. The van der Waals surface area contributed by atoms with Crippen molar-refractivity contribution >= 4 is 28.9 Å². The van der Waals surface area contributed by atoms with Gasteiger partial charge >= 0.3 is 5.69 Å². The van der Waals surface area contributed by atoms with Crippen molar-refractivity contribution in [2.75, 3.05) is 5.32 Å². The molecule has 0 aliphatic carbocycles. The molecule has 0 bridgehead atoms. The van der Waals surface area contributed by atoms with Gasteiger partial charge in [0.2, 0.25) is 0 Å². The zero-order valence-electron chi connectivity index (χ0n) is 12.0. The molecule has 0 aliphatic rings. The van der Waals surface area contributed by atoms with Crippen LogP contribution in [0.15, 0.2) is 47.3 Å². The highest BCUT2D eigenvalue weighted by molar-refractivity contribution is 6.32. The van der Waals surface area contributed by atoms with Gasteiger partial charge in [-0.1, -0.05) is 11.6 Å². The smallest absolute Gasteiger partial charge is 0.307 e. The predicted molar refractivity (Wildman–Crippen MR) is 83.9 cm³/mol. The Bertz CT molecular complexity index is 904. The van der Waals surface area contributed by atoms with Gasteiger partial charge in [0, 0.05) is 6.20 Å². The Morgan fingerprint density at radius 3 is 2.96 bits per heavy atom. The van der Waals surface area contributed by atoms with E-state index in [1.54, 1.807) is 18.2 Å². The van der Waals surface area contributed by atoms with Crippen molar-refractivity contribution in [1.82, 2.24) is 14.8 Å². The van der Waals surface area contributed by atoms with Crippen LogP contribution in [0.5, 0.6) is 0 Å². The Labute approximate surface area is 140 Å². The van der Waals surface area contributed by atoms with Crippen LogP contribution in [0.4, 0.5) is 11.4 Å². The third kappa shape index (κ3) is 3.41. The van der Waals surface area contributed by atoms with Gasteiger partial charge in [-0.2, -0.15) is 5.10 Å². The molecule has 1 amide bonds. The lowest BCUT2D eigenvalue weighted by molar-refractivity contribution is -0.385. The van der Waals surface area contributed by atoms with Crippen LogP contribution in [-0.2, 0) is 6.54 Å². The molecule has 0 atom stereocenters. The minimum absolute atomic E-state index is 0.0755. The average Bonchev–Trinajstić information content (AvgIpc) is 3.19. The summed E-state index contributed by atoms with van der Waals surface area (Å²) in [6.07, 6.45) is 3.92. The molecule has 3 aromatic heterocycles. The van der Waals surface area contributed by atoms with Crippen molar-refractivity contribution in [2.45, 2.75) is 6.54 Å². The van der Waals surface area contributed by atoms with Crippen molar-refractivity contribution in [1.29, 1.82) is 0 Å². The number of aromatic nitrogens is 3. The molecule has 0 spiro atoms. The topological polar surface area (TPSA) is 116 Å². The molecule has 10 heteroatoms. The Kier molecular flexibility index (Phi) is 4.25. The summed E-state index contributed by atoms with van der Waals surface area (Å²) in [7, 11) is 0. The number of pyridine rings is 1. The number of furan rings is 1. The molecule has 24 heavy (non-hydrogen) atoms. The van der Waals surface area contributed by atoms with Crippen molar-refractivity contribution < 1.29 is 14.1 Å². The fourth-order valence-electron chi connectivity index (χ4n) is 1.94. The highest BCUT2D eigenvalue weighted by atomic mass is 35.5. The molecular formula is C14H10ClN5O4. The summed E-state index contributed by atoms with van der Waals surface area (Å²) in [6.45, 7) is 0.161. The van der Waals surface area contributed by atoms with E-state index >= 15 is 0 Å². The molecule has 0 saturated heterocycles. The van der Waals surface area contributed by atoms with Crippen LogP contribution in [0.1, 0.15) is 16.3 Å². The number of halogens is 1. The summed E-state index contributed by atoms with van der Waals surface area (Å²) in [5, 5.41) is 17.2. The maximum absolute atomic E-state index is 12.1. The SMILES string of the molecule is O=C(Nc1cccnc1Cl)c1ccc(Cn2cc([N+](=O)[O-])cn2)o1. The molecule has 0 aromatic carbocycles. The van der Waals surface area contributed by atoms with Crippen LogP contribution in [0.2, 0.25) is 5.15 Å². The minimum Gasteiger partial charge on any atom is -0.454 e. The maximum Gasteiger partial charge on any atom is 0.307 e. The molecule has 0 unspecified atom stereocenters. The quantitative estimate of drug-likeness (QED) is 0.431. The molecule has 0 fully saturated rings. The van der Waals surface area contributed by atoms with Gasteiger partial charge in [-0.3, -0.25) is 19.6 Å². The van der Waals surface area contributed by atoms with E-state index in [0.717, 1.165) is 6.20 Å². The van der Waals surface area contributed by atoms with Gasteiger partial charge in [-0.05, 0) is 24.3 Å².